The van der Waals surface area contributed by atoms with Gasteiger partial charge in [0.05, 0.1) is 23.4 Å². The van der Waals surface area contributed by atoms with Crippen molar-refractivity contribution < 1.29 is 14.3 Å². The van der Waals surface area contributed by atoms with E-state index in [0.29, 0.717) is 18.5 Å². The molecule has 2 aromatic heterocycles. The van der Waals surface area contributed by atoms with Crippen LogP contribution >= 0.6 is 0 Å². The van der Waals surface area contributed by atoms with E-state index in [1.165, 1.54) is 24.4 Å². The summed E-state index contributed by atoms with van der Waals surface area (Å²) < 4.78 is 13.8. The summed E-state index contributed by atoms with van der Waals surface area (Å²) in [7, 11) is 0. The van der Waals surface area contributed by atoms with Gasteiger partial charge in [0.25, 0.3) is 5.91 Å². The number of hydrogen-bond acceptors (Lipinski definition) is 4. The van der Waals surface area contributed by atoms with Crippen LogP contribution in [0.15, 0.2) is 53.6 Å². The first-order valence-electron chi connectivity index (χ1n) is 8.74. The topological polar surface area (TPSA) is 95.1 Å². The minimum Gasteiger partial charge on any atom is -0.393 e. The lowest BCUT2D eigenvalue weighted by molar-refractivity contribution is 0.0228. The first-order chi connectivity index (χ1) is 13.0. The molecule has 1 atom stereocenters. The predicted molar refractivity (Wildman–Crippen MR) is 97.7 cm³/mol. The van der Waals surface area contributed by atoms with E-state index in [1.807, 2.05) is 6.07 Å². The minimum atomic E-state index is -0.556. The highest BCUT2D eigenvalue weighted by Crippen LogP contribution is 2.37. The third kappa shape index (κ3) is 3.21. The number of carbonyl (C=O) groups is 1. The van der Waals surface area contributed by atoms with Gasteiger partial charge in [-0.05, 0) is 43.0 Å². The Morgan fingerprint density at radius 1 is 1.26 bits per heavy atom. The molecule has 0 unspecified atom stereocenters. The van der Waals surface area contributed by atoms with Crippen LogP contribution in [-0.4, -0.2) is 27.1 Å². The molecule has 0 spiro atoms. The second-order valence-electron chi connectivity index (χ2n) is 6.78. The van der Waals surface area contributed by atoms with Crippen LogP contribution in [0.2, 0.25) is 0 Å². The Kier molecular flexibility index (Phi) is 4.45. The molecule has 1 fully saturated rings. The first kappa shape index (κ1) is 17.4. The van der Waals surface area contributed by atoms with E-state index in [2.05, 4.69) is 15.3 Å². The number of nitrogens with one attached hydrogen (secondary N) is 2. The van der Waals surface area contributed by atoms with Crippen LogP contribution in [0, 0.1) is 11.7 Å². The van der Waals surface area contributed by atoms with E-state index < -0.39 is 23.2 Å². The lowest BCUT2D eigenvalue weighted by atomic mass is 9.76. The van der Waals surface area contributed by atoms with Gasteiger partial charge in [0.15, 0.2) is 0 Å². The number of aromatic nitrogens is 2. The maximum atomic E-state index is 13.8. The first-order valence-corrected chi connectivity index (χ1v) is 8.74. The van der Waals surface area contributed by atoms with Gasteiger partial charge in [-0.25, -0.2) is 4.39 Å². The highest BCUT2D eigenvalue weighted by molar-refractivity contribution is 5.97. The van der Waals surface area contributed by atoms with E-state index in [0.717, 1.165) is 0 Å². The van der Waals surface area contributed by atoms with E-state index in [1.54, 1.807) is 18.3 Å². The third-order valence-corrected chi connectivity index (χ3v) is 5.02. The van der Waals surface area contributed by atoms with Crippen molar-refractivity contribution in [1.82, 2.24) is 15.3 Å². The van der Waals surface area contributed by atoms with Gasteiger partial charge in [-0.2, -0.15) is 0 Å². The highest BCUT2D eigenvalue weighted by atomic mass is 19.1. The van der Waals surface area contributed by atoms with E-state index in [9.17, 15) is 19.1 Å². The van der Waals surface area contributed by atoms with Crippen molar-refractivity contribution in [2.24, 2.45) is 5.92 Å². The van der Waals surface area contributed by atoms with Crippen molar-refractivity contribution in [2.75, 3.05) is 0 Å². The van der Waals surface area contributed by atoms with Gasteiger partial charge in [-0.3, -0.25) is 14.6 Å². The van der Waals surface area contributed by atoms with Gasteiger partial charge < -0.3 is 15.4 Å². The van der Waals surface area contributed by atoms with E-state index >= 15 is 0 Å². The summed E-state index contributed by atoms with van der Waals surface area (Å²) in [6, 6.07) is 9.15. The Hall–Kier alpha value is -3.06. The summed E-state index contributed by atoms with van der Waals surface area (Å²) >= 11 is 0. The Labute approximate surface area is 154 Å². The number of halogens is 1. The number of pyridine rings is 2. The molecule has 3 N–H and O–H groups in total. The normalized spacial score (nSPS) is 20.1. The predicted octanol–water partition coefficient (Wildman–Crippen LogP) is 2.30. The van der Waals surface area contributed by atoms with Crippen LogP contribution in [0.5, 0.6) is 0 Å². The average Bonchev–Trinajstić information content (AvgIpc) is 2.65. The SMILES string of the molecule is O=C(N[C@H](c1ccccn1)C1CC(O)C1)c1c[nH]c2c(F)cccc2c1=O. The minimum absolute atomic E-state index is 0.0378. The zero-order valence-corrected chi connectivity index (χ0v) is 14.4. The number of hydrogen-bond donors (Lipinski definition) is 3. The van der Waals surface area contributed by atoms with E-state index in [4.69, 9.17) is 0 Å². The third-order valence-electron chi connectivity index (χ3n) is 5.02. The van der Waals surface area contributed by atoms with Crippen molar-refractivity contribution in [3.05, 3.63) is 76.1 Å². The van der Waals surface area contributed by atoms with Gasteiger partial charge >= 0.3 is 0 Å². The number of nitrogens with zero attached hydrogens (tertiary/aromatic N) is 1. The van der Waals surface area contributed by atoms with Crippen molar-refractivity contribution in [3.63, 3.8) is 0 Å². The maximum Gasteiger partial charge on any atom is 0.257 e. The van der Waals surface area contributed by atoms with Crippen LogP contribution in [0.25, 0.3) is 10.9 Å². The Bertz CT molecular complexity index is 1050. The smallest absolute Gasteiger partial charge is 0.257 e. The van der Waals surface area contributed by atoms with E-state index in [-0.39, 0.29) is 28.5 Å². The van der Waals surface area contributed by atoms with Crippen LogP contribution < -0.4 is 10.7 Å². The molecule has 1 aliphatic rings. The zero-order valence-electron chi connectivity index (χ0n) is 14.4. The summed E-state index contributed by atoms with van der Waals surface area (Å²) in [5.74, 6) is -1.07. The molecule has 0 saturated heterocycles. The fraction of sp³-hybridized carbons (Fsp3) is 0.250. The van der Waals surface area contributed by atoms with Gasteiger partial charge in [0.2, 0.25) is 5.43 Å². The fourth-order valence-corrected chi connectivity index (χ4v) is 3.50. The molecule has 6 nitrogen and oxygen atoms in total. The Morgan fingerprint density at radius 3 is 2.78 bits per heavy atom. The molecule has 1 aliphatic carbocycles. The summed E-state index contributed by atoms with van der Waals surface area (Å²) in [6.07, 6.45) is 3.59. The number of H-pyrrole nitrogens is 1. The molecule has 1 amide bonds. The Morgan fingerprint density at radius 2 is 2.07 bits per heavy atom. The van der Waals surface area contributed by atoms with Gasteiger partial charge in [0.1, 0.15) is 11.4 Å². The quantitative estimate of drug-likeness (QED) is 0.659. The maximum absolute atomic E-state index is 13.8. The van der Waals surface area contributed by atoms with Crippen LogP contribution in [-0.2, 0) is 0 Å². The lowest BCUT2D eigenvalue weighted by Crippen LogP contribution is -2.42. The lowest BCUT2D eigenvalue weighted by Gasteiger charge is -2.37. The van der Waals surface area contributed by atoms with Crippen LogP contribution in [0.4, 0.5) is 4.39 Å². The number of fused-ring (bicyclic) bond motifs is 1. The summed E-state index contributed by atoms with van der Waals surface area (Å²) in [5, 5.41) is 12.6. The molecule has 0 radical (unpaired) electrons. The molecule has 1 saturated carbocycles. The van der Waals surface area contributed by atoms with Crippen molar-refractivity contribution in [3.8, 4) is 0 Å². The molecule has 2 heterocycles. The highest BCUT2D eigenvalue weighted by Gasteiger charge is 2.36. The zero-order chi connectivity index (χ0) is 19.0. The number of para-hydroxylation sites is 1. The molecular weight excluding hydrogens is 349 g/mol. The van der Waals surface area contributed by atoms with Crippen molar-refractivity contribution in [1.29, 1.82) is 0 Å². The molecular formula is C20H18FN3O3. The largest absolute Gasteiger partial charge is 0.393 e. The molecule has 0 bridgehead atoms. The second kappa shape index (κ2) is 6.92. The van der Waals surface area contributed by atoms with Crippen LogP contribution in [0.1, 0.15) is 34.9 Å². The number of benzene rings is 1. The number of amides is 1. The molecule has 1 aromatic carbocycles. The number of aromatic amines is 1. The monoisotopic (exact) mass is 367 g/mol. The fourth-order valence-electron chi connectivity index (χ4n) is 3.50. The summed E-state index contributed by atoms with van der Waals surface area (Å²) in [4.78, 5) is 32.4. The van der Waals surface area contributed by atoms with Gasteiger partial charge in [0, 0.05) is 17.8 Å². The average molecular weight is 367 g/mol. The molecule has 4 rings (SSSR count). The number of aliphatic hydroxyl groups excluding tert-OH is 1. The molecule has 0 aliphatic heterocycles. The van der Waals surface area contributed by atoms with Gasteiger partial charge in [-0.1, -0.05) is 12.1 Å². The number of aliphatic hydroxyl groups is 1. The number of rotatable bonds is 4. The standard InChI is InChI=1S/C20H18FN3O3/c21-15-5-3-4-13-18(15)23-10-14(19(13)26)20(27)24-17(11-8-12(25)9-11)16-6-1-2-7-22-16/h1-7,10-12,17,25H,8-9H2,(H,23,26)(H,24,27)/t11?,12?,17-/m0/s1. The van der Waals surface area contributed by atoms with Crippen LogP contribution in [0.3, 0.4) is 0 Å². The van der Waals surface area contributed by atoms with Crippen molar-refractivity contribution in [2.45, 2.75) is 25.0 Å². The molecule has 27 heavy (non-hydrogen) atoms. The molecule has 7 heteroatoms. The summed E-state index contributed by atoms with van der Waals surface area (Å²) in [5.41, 5.74) is 0.122. The van der Waals surface area contributed by atoms with Gasteiger partial charge in [-0.15, -0.1) is 0 Å². The van der Waals surface area contributed by atoms with Crippen molar-refractivity contribution >= 4 is 16.8 Å². The summed E-state index contributed by atoms with van der Waals surface area (Å²) in [6.45, 7) is 0. The molecule has 138 valence electrons. The number of carbonyl (C=O) groups excluding carboxylic acids is 1. The molecule has 3 aromatic rings. The second-order valence-corrected chi connectivity index (χ2v) is 6.78. The Balaban J connectivity index is 1.66.